The van der Waals surface area contributed by atoms with Crippen LogP contribution in [0.15, 0.2) is 29.5 Å². The van der Waals surface area contributed by atoms with Gasteiger partial charge in [0.15, 0.2) is 5.96 Å². The van der Waals surface area contributed by atoms with E-state index >= 15 is 0 Å². The molecule has 2 unspecified atom stereocenters. The number of morpholine rings is 1. The first-order valence-electron chi connectivity index (χ1n) is 9.74. The van der Waals surface area contributed by atoms with Gasteiger partial charge >= 0.3 is 0 Å². The zero-order chi connectivity index (χ0) is 19.9. The molecule has 8 heteroatoms. The number of nitrogens with one attached hydrogen (secondary N) is 2. The summed E-state index contributed by atoms with van der Waals surface area (Å²) >= 11 is 1.74. The first-order valence-corrected chi connectivity index (χ1v) is 10.6. The Balaban J connectivity index is 1.45. The Labute approximate surface area is 171 Å². The van der Waals surface area contributed by atoms with Crippen molar-refractivity contribution in [1.29, 1.82) is 0 Å². The number of anilines is 1. The fourth-order valence-electron chi connectivity index (χ4n) is 3.28. The highest BCUT2D eigenvalue weighted by Crippen LogP contribution is 2.18. The van der Waals surface area contributed by atoms with Crippen LogP contribution in [0.1, 0.15) is 29.3 Å². The van der Waals surface area contributed by atoms with Crippen molar-refractivity contribution in [2.24, 2.45) is 4.99 Å². The van der Waals surface area contributed by atoms with Gasteiger partial charge in [-0.25, -0.2) is 9.97 Å². The maximum absolute atomic E-state index is 5.80. The molecule has 2 aromatic heterocycles. The van der Waals surface area contributed by atoms with Crippen LogP contribution in [0.25, 0.3) is 0 Å². The number of pyridine rings is 1. The van der Waals surface area contributed by atoms with Gasteiger partial charge in [0.2, 0.25) is 0 Å². The zero-order valence-corrected chi connectivity index (χ0v) is 17.9. The number of aryl methyl sites for hydroxylation is 1. The summed E-state index contributed by atoms with van der Waals surface area (Å²) in [5, 5.41) is 7.82. The topological polar surface area (TPSA) is 74.7 Å². The predicted octanol–water partition coefficient (Wildman–Crippen LogP) is 2.37. The van der Waals surface area contributed by atoms with Gasteiger partial charge < -0.3 is 20.3 Å². The number of guanidine groups is 1. The van der Waals surface area contributed by atoms with E-state index in [-0.39, 0.29) is 12.2 Å². The van der Waals surface area contributed by atoms with Crippen LogP contribution in [-0.4, -0.2) is 54.8 Å². The molecule has 1 aliphatic heterocycles. The molecule has 28 heavy (non-hydrogen) atoms. The van der Waals surface area contributed by atoms with Crippen molar-refractivity contribution < 1.29 is 4.74 Å². The van der Waals surface area contributed by atoms with E-state index in [9.17, 15) is 0 Å². The highest BCUT2D eigenvalue weighted by molar-refractivity contribution is 7.11. The summed E-state index contributed by atoms with van der Waals surface area (Å²) in [6.07, 6.45) is 5.20. The number of thiazole rings is 1. The van der Waals surface area contributed by atoms with Crippen molar-refractivity contribution in [2.45, 2.75) is 45.9 Å². The SMILES string of the molecule is CN=C(NCCc1ncc(C)s1)NCc1ccc(N2CC(C)OC(C)C2)nc1. The highest BCUT2D eigenvalue weighted by Gasteiger charge is 2.22. The molecule has 1 fully saturated rings. The summed E-state index contributed by atoms with van der Waals surface area (Å²) in [6.45, 7) is 9.53. The average Bonchev–Trinajstić information content (AvgIpc) is 3.09. The summed E-state index contributed by atoms with van der Waals surface area (Å²) < 4.78 is 5.80. The second kappa shape index (κ2) is 9.84. The quantitative estimate of drug-likeness (QED) is 0.571. The van der Waals surface area contributed by atoms with Crippen molar-refractivity contribution in [3.05, 3.63) is 40.0 Å². The monoisotopic (exact) mass is 402 g/mol. The lowest BCUT2D eigenvalue weighted by molar-refractivity contribution is -0.00545. The molecule has 2 N–H and O–H groups in total. The predicted molar refractivity (Wildman–Crippen MR) is 115 cm³/mol. The van der Waals surface area contributed by atoms with Crippen molar-refractivity contribution in [1.82, 2.24) is 20.6 Å². The van der Waals surface area contributed by atoms with E-state index in [0.29, 0.717) is 6.54 Å². The molecule has 2 aromatic rings. The molecule has 0 aromatic carbocycles. The number of hydrogen-bond acceptors (Lipinski definition) is 6. The van der Waals surface area contributed by atoms with Crippen molar-refractivity contribution in [3.63, 3.8) is 0 Å². The molecule has 0 aliphatic carbocycles. The molecule has 2 atom stereocenters. The molecule has 0 radical (unpaired) electrons. The molecule has 0 spiro atoms. The third-order valence-electron chi connectivity index (χ3n) is 4.54. The Kier molecular flexibility index (Phi) is 7.22. The van der Waals surface area contributed by atoms with E-state index in [1.807, 2.05) is 12.4 Å². The molecule has 3 rings (SSSR count). The molecule has 7 nitrogen and oxygen atoms in total. The van der Waals surface area contributed by atoms with Crippen LogP contribution in [0.5, 0.6) is 0 Å². The summed E-state index contributed by atoms with van der Waals surface area (Å²) in [4.78, 5) is 16.8. The number of ether oxygens (including phenoxy) is 1. The van der Waals surface area contributed by atoms with E-state index in [0.717, 1.165) is 48.4 Å². The molecule has 0 bridgehead atoms. The minimum absolute atomic E-state index is 0.231. The maximum Gasteiger partial charge on any atom is 0.191 e. The second-order valence-electron chi connectivity index (χ2n) is 7.15. The summed E-state index contributed by atoms with van der Waals surface area (Å²) in [7, 11) is 1.78. The van der Waals surface area contributed by atoms with Crippen molar-refractivity contribution in [2.75, 3.05) is 31.6 Å². The molecular weight excluding hydrogens is 372 g/mol. The van der Waals surface area contributed by atoms with Crippen LogP contribution in [0.2, 0.25) is 0 Å². The van der Waals surface area contributed by atoms with E-state index in [1.54, 1.807) is 18.4 Å². The zero-order valence-electron chi connectivity index (χ0n) is 17.1. The van der Waals surface area contributed by atoms with Crippen LogP contribution in [0.4, 0.5) is 5.82 Å². The van der Waals surface area contributed by atoms with E-state index in [4.69, 9.17) is 4.74 Å². The number of rotatable bonds is 6. The molecule has 1 saturated heterocycles. The van der Waals surface area contributed by atoms with Gasteiger partial charge in [-0.3, -0.25) is 4.99 Å². The van der Waals surface area contributed by atoms with E-state index in [1.165, 1.54) is 4.88 Å². The van der Waals surface area contributed by atoms with Crippen LogP contribution in [0, 0.1) is 6.92 Å². The van der Waals surface area contributed by atoms with Gasteiger partial charge in [-0.15, -0.1) is 11.3 Å². The van der Waals surface area contributed by atoms with Crippen molar-refractivity contribution >= 4 is 23.1 Å². The molecule has 0 amide bonds. The number of hydrogen-bond donors (Lipinski definition) is 2. The molecular formula is C20H30N6OS. The number of nitrogens with zero attached hydrogens (tertiary/aromatic N) is 4. The van der Waals surface area contributed by atoms with Gasteiger partial charge in [-0.2, -0.15) is 0 Å². The maximum atomic E-state index is 5.80. The largest absolute Gasteiger partial charge is 0.372 e. The lowest BCUT2D eigenvalue weighted by atomic mass is 10.2. The third-order valence-corrected chi connectivity index (χ3v) is 5.51. The van der Waals surface area contributed by atoms with Gasteiger partial charge in [-0.1, -0.05) is 6.07 Å². The van der Waals surface area contributed by atoms with Gasteiger partial charge in [0.05, 0.1) is 17.2 Å². The Morgan fingerprint density at radius 2 is 2.00 bits per heavy atom. The van der Waals surface area contributed by atoms with E-state index < -0.39 is 0 Å². The standard InChI is InChI=1S/C20H30N6OS/c1-14-12-26(13-15(2)27-14)18-6-5-17(10-23-18)11-25-20(21-4)22-8-7-19-24-9-16(3)28-19/h5-6,9-10,14-15H,7-8,11-13H2,1-4H3,(H2,21,22,25). The van der Waals surface area contributed by atoms with Gasteiger partial charge in [0.25, 0.3) is 0 Å². The first kappa shape index (κ1) is 20.5. The Morgan fingerprint density at radius 1 is 1.21 bits per heavy atom. The van der Waals surface area contributed by atoms with Crippen molar-refractivity contribution in [3.8, 4) is 0 Å². The number of aromatic nitrogens is 2. The minimum atomic E-state index is 0.231. The van der Waals surface area contributed by atoms with E-state index in [2.05, 4.69) is 63.4 Å². The van der Waals surface area contributed by atoms with Gasteiger partial charge in [-0.05, 0) is 32.4 Å². The Morgan fingerprint density at radius 3 is 2.61 bits per heavy atom. The second-order valence-corrected chi connectivity index (χ2v) is 8.47. The lowest BCUT2D eigenvalue weighted by Crippen LogP contribution is -2.45. The van der Waals surface area contributed by atoms with Crippen LogP contribution < -0.4 is 15.5 Å². The summed E-state index contributed by atoms with van der Waals surface area (Å²) in [6, 6.07) is 4.20. The lowest BCUT2D eigenvalue weighted by Gasteiger charge is -2.36. The molecule has 0 saturated carbocycles. The van der Waals surface area contributed by atoms with Crippen LogP contribution >= 0.6 is 11.3 Å². The fraction of sp³-hybridized carbons (Fsp3) is 0.550. The van der Waals surface area contributed by atoms with Gasteiger partial charge in [0.1, 0.15) is 5.82 Å². The normalized spacial score (nSPS) is 20.3. The first-order chi connectivity index (χ1) is 13.5. The van der Waals surface area contributed by atoms with Crippen LogP contribution in [0.3, 0.4) is 0 Å². The Bertz CT molecular complexity index is 765. The smallest absolute Gasteiger partial charge is 0.191 e. The third kappa shape index (κ3) is 5.90. The molecule has 3 heterocycles. The molecule has 152 valence electrons. The minimum Gasteiger partial charge on any atom is -0.372 e. The molecule has 1 aliphatic rings. The summed E-state index contributed by atoms with van der Waals surface area (Å²) in [5.41, 5.74) is 1.12. The summed E-state index contributed by atoms with van der Waals surface area (Å²) in [5.74, 6) is 1.79. The highest BCUT2D eigenvalue weighted by atomic mass is 32.1. The average molecular weight is 403 g/mol. The van der Waals surface area contributed by atoms with Gasteiger partial charge in [0, 0.05) is 56.9 Å². The Hall–Kier alpha value is -2.19. The number of aliphatic imine (C=N–C) groups is 1. The fourth-order valence-corrected chi connectivity index (χ4v) is 4.07. The van der Waals surface area contributed by atoms with Crippen LogP contribution in [-0.2, 0) is 17.7 Å².